The standard InChI is InChI=1S/C34H27N3O3S2/c1-24-13-17-26(18-14-24)32-35-33(31(28-21-22-41-23-28)36(32)34(38)27-9-5-3-6-10-27)37(29-11-7-4-8-12-29)42(39,40)30-19-15-25(2)16-20-30/h3-23H,1-2H3. The van der Waals surface area contributed by atoms with Crippen molar-refractivity contribution < 1.29 is 13.2 Å². The van der Waals surface area contributed by atoms with Crippen LogP contribution >= 0.6 is 11.3 Å². The topological polar surface area (TPSA) is 72.3 Å². The molecule has 0 saturated heterocycles. The van der Waals surface area contributed by atoms with E-state index in [1.165, 1.54) is 20.2 Å². The number of carbonyl (C=O) groups excluding carboxylic acids is 1. The van der Waals surface area contributed by atoms with Gasteiger partial charge >= 0.3 is 0 Å². The quantitative estimate of drug-likeness (QED) is 0.189. The van der Waals surface area contributed by atoms with Gasteiger partial charge in [0.1, 0.15) is 11.5 Å². The highest BCUT2D eigenvalue weighted by Crippen LogP contribution is 2.42. The van der Waals surface area contributed by atoms with Crippen molar-refractivity contribution in [2.24, 2.45) is 0 Å². The second kappa shape index (κ2) is 11.2. The maximum Gasteiger partial charge on any atom is 0.269 e. The third-order valence-corrected chi connectivity index (χ3v) is 9.35. The van der Waals surface area contributed by atoms with Crippen LogP contribution in [-0.2, 0) is 10.0 Å². The second-order valence-electron chi connectivity index (χ2n) is 9.91. The molecule has 4 aromatic carbocycles. The van der Waals surface area contributed by atoms with Crippen molar-refractivity contribution in [1.29, 1.82) is 0 Å². The Bertz CT molecular complexity index is 1950. The van der Waals surface area contributed by atoms with E-state index in [0.717, 1.165) is 11.1 Å². The van der Waals surface area contributed by atoms with Gasteiger partial charge in [0.05, 0.1) is 10.6 Å². The van der Waals surface area contributed by atoms with Crippen molar-refractivity contribution in [2.75, 3.05) is 4.31 Å². The first-order chi connectivity index (χ1) is 20.3. The number of benzene rings is 4. The minimum absolute atomic E-state index is 0.119. The summed E-state index contributed by atoms with van der Waals surface area (Å²) in [6.07, 6.45) is 0. The molecule has 0 aliphatic carbocycles. The number of nitrogens with zero attached hydrogens (tertiary/aromatic N) is 3. The Morgan fingerprint density at radius 2 is 1.33 bits per heavy atom. The number of sulfonamides is 1. The third kappa shape index (κ3) is 5.06. The fourth-order valence-electron chi connectivity index (χ4n) is 4.77. The van der Waals surface area contributed by atoms with Crippen LogP contribution in [0.3, 0.4) is 0 Å². The lowest BCUT2D eigenvalue weighted by Crippen LogP contribution is -2.27. The molecule has 6 aromatic rings. The summed E-state index contributed by atoms with van der Waals surface area (Å²) in [6.45, 7) is 3.89. The van der Waals surface area contributed by atoms with Gasteiger partial charge in [0.25, 0.3) is 15.9 Å². The average Bonchev–Trinajstić information content (AvgIpc) is 3.67. The SMILES string of the molecule is Cc1ccc(-c2nc(N(c3ccccc3)S(=O)(=O)c3ccc(C)cc3)c(-c3ccsc3)n2C(=O)c2ccccc2)cc1. The Hall–Kier alpha value is -4.79. The maximum atomic E-state index is 14.5. The molecule has 0 spiro atoms. The minimum Gasteiger partial charge on any atom is -0.268 e. The molecule has 0 N–H and O–H groups in total. The first-order valence-corrected chi connectivity index (χ1v) is 15.7. The fourth-order valence-corrected chi connectivity index (χ4v) is 6.85. The zero-order chi connectivity index (χ0) is 29.3. The largest absolute Gasteiger partial charge is 0.269 e. The normalized spacial score (nSPS) is 11.4. The summed E-state index contributed by atoms with van der Waals surface area (Å²) in [5.41, 5.74) is 4.62. The van der Waals surface area contributed by atoms with Gasteiger partial charge in [0.15, 0.2) is 5.82 Å². The number of hydrogen-bond acceptors (Lipinski definition) is 5. The summed E-state index contributed by atoms with van der Waals surface area (Å²) in [7, 11) is -4.17. The number of rotatable bonds is 7. The fraction of sp³-hybridized carbons (Fsp3) is 0.0588. The van der Waals surface area contributed by atoms with Crippen molar-refractivity contribution in [3.8, 4) is 22.6 Å². The first kappa shape index (κ1) is 27.4. The molecule has 2 heterocycles. The van der Waals surface area contributed by atoms with Crippen LogP contribution < -0.4 is 4.31 Å². The molecule has 208 valence electrons. The van der Waals surface area contributed by atoms with Gasteiger partial charge in [-0.3, -0.25) is 9.36 Å². The zero-order valence-corrected chi connectivity index (χ0v) is 24.6. The predicted molar refractivity (Wildman–Crippen MR) is 169 cm³/mol. The lowest BCUT2D eigenvalue weighted by Gasteiger charge is -2.24. The molecule has 6 nitrogen and oxygen atoms in total. The summed E-state index contributed by atoms with van der Waals surface area (Å²) in [5, 5.41) is 3.80. The number of carbonyl (C=O) groups is 1. The van der Waals surface area contributed by atoms with Crippen LogP contribution in [0, 0.1) is 13.8 Å². The van der Waals surface area contributed by atoms with Crippen LogP contribution in [0.4, 0.5) is 11.5 Å². The molecule has 2 aromatic heterocycles. The van der Waals surface area contributed by atoms with Crippen molar-refractivity contribution in [3.63, 3.8) is 0 Å². The van der Waals surface area contributed by atoms with Crippen molar-refractivity contribution >= 4 is 38.8 Å². The number of para-hydroxylation sites is 1. The first-order valence-electron chi connectivity index (χ1n) is 13.3. The molecular formula is C34H27N3O3S2. The molecule has 0 aliphatic heterocycles. The van der Waals surface area contributed by atoms with Gasteiger partial charge in [0.2, 0.25) is 0 Å². The monoisotopic (exact) mass is 589 g/mol. The van der Waals surface area contributed by atoms with Crippen LogP contribution in [0.5, 0.6) is 0 Å². The molecular weight excluding hydrogens is 563 g/mol. The van der Waals surface area contributed by atoms with Crippen LogP contribution in [-0.4, -0.2) is 23.9 Å². The van der Waals surface area contributed by atoms with Crippen molar-refractivity contribution in [2.45, 2.75) is 18.7 Å². The summed E-state index contributed by atoms with van der Waals surface area (Å²) in [6, 6.07) is 34.1. The maximum absolute atomic E-state index is 14.5. The van der Waals surface area contributed by atoms with Gasteiger partial charge in [0, 0.05) is 22.1 Å². The van der Waals surface area contributed by atoms with E-state index in [2.05, 4.69) is 0 Å². The van der Waals surface area contributed by atoms with E-state index in [1.807, 2.05) is 67.1 Å². The molecule has 42 heavy (non-hydrogen) atoms. The smallest absolute Gasteiger partial charge is 0.268 e. The molecule has 0 bridgehead atoms. The predicted octanol–water partition coefficient (Wildman–Crippen LogP) is 8.11. The van der Waals surface area contributed by atoms with Gasteiger partial charge in [-0.1, -0.05) is 83.9 Å². The van der Waals surface area contributed by atoms with Crippen LogP contribution in [0.1, 0.15) is 21.5 Å². The Balaban J connectivity index is 1.71. The number of hydrogen-bond donors (Lipinski definition) is 0. The molecule has 0 radical (unpaired) electrons. The highest BCUT2D eigenvalue weighted by Gasteiger charge is 2.35. The van der Waals surface area contributed by atoms with Gasteiger partial charge in [-0.2, -0.15) is 11.3 Å². The van der Waals surface area contributed by atoms with E-state index >= 15 is 0 Å². The molecule has 0 amide bonds. The second-order valence-corrected chi connectivity index (χ2v) is 12.5. The zero-order valence-electron chi connectivity index (χ0n) is 23.0. The van der Waals surface area contributed by atoms with Crippen LogP contribution in [0.2, 0.25) is 0 Å². The van der Waals surface area contributed by atoms with Crippen molar-refractivity contribution in [3.05, 3.63) is 143 Å². The third-order valence-electron chi connectivity index (χ3n) is 6.93. The number of aromatic nitrogens is 2. The molecule has 0 aliphatic rings. The number of anilines is 2. The average molecular weight is 590 g/mol. The van der Waals surface area contributed by atoms with Crippen LogP contribution in [0.25, 0.3) is 22.6 Å². The highest BCUT2D eigenvalue weighted by atomic mass is 32.2. The molecule has 0 unspecified atom stereocenters. The number of aryl methyl sites for hydroxylation is 2. The minimum atomic E-state index is -4.17. The van der Waals surface area contributed by atoms with E-state index in [9.17, 15) is 13.2 Å². The van der Waals surface area contributed by atoms with Crippen LogP contribution in [0.15, 0.2) is 131 Å². The van der Waals surface area contributed by atoms with Gasteiger partial charge in [-0.15, -0.1) is 0 Å². The summed E-state index contributed by atoms with van der Waals surface area (Å²) in [5.74, 6) is 0.173. The van der Waals surface area contributed by atoms with E-state index < -0.39 is 10.0 Å². The Kier molecular flexibility index (Phi) is 7.33. The van der Waals surface area contributed by atoms with E-state index in [0.29, 0.717) is 33.9 Å². The Morgan fingerprint density at radius 1 is 0.738 bits per heavy atom. The number of imidazole rings is 1. The molecule has 6 rings (SSSR count). The summed E-state index contributed by atoms with van der Waals surface area (Å²) in [4.78, 5) is 19.4. The highest BCUT2D eigenvalue weighted by molar-refractivity contribution is 7.93. The summed E-state index contributed by atoms with van der Waals surface area (Å²) < 4.78 is 31.8. The molecule has 0 saturated carbocycles. The van der Waals surface area contributed by atoms with E-state index in [1.54, 1.807) is 72.8 Å². The van der Waals surface area contributed by atoms with Gasteiger partial charge in [-0.05, 0) is 61.7 Å². The Morgan fingerprint density at radius 3 is 1.93 bits per heavy atom. The Labute approximate surface area is 249 Å². The summed E-state index contributed by atoms with van der Waals surface area (Å²) >= 11 is 1.46. The van der Waals surface area contributed by atoms with Crippen molar-refractivity contribution in [1.82, 2.24) is 9.55 Å². The lowest BCUT2D eigenvalue weighted by atomic mass is 10.1. The van der Waals surface area contributed by atoms with E-state index in [4.69, 9.17) is 4.98 Å². The number of thiophene rings is 1. The van der Waals surface area contributed by atoms with Gasteiger partial charge in [-0.25, -0.2) is 17.7 Å². The molecule has 8 heteroatoms. The molecule has 0 fully saturated rings. The lowest BCUT2D eigenvalue weighted by molar-refractivity contribution is 0.0963. The molecule has 0 atom stereocenters. The van der Waals surface area contributed by atoms with E-state index in [-0.39, 0.29) is 16.6 Å². The van der Waals surface area contributed by atoms with Gasteiger partial charge < -0.3 is 0 Å².